The number of hydrogen-bond acceptors (Lipinski definition) is 4. The molecule has 1 atom stereocenters. The Balaban J connectivity index is 1.64. The van der Waals surface area contributed by atoms with Crippen molar-refractivity contribution in [2.75, 3.05) is 26.7 Å². The molecule has 1 saturated carbocycles. The number of nitrogens with zero attached hydrogens (tertiary/aromatic N) is 2. The standard InChI is InChI=1S/C23H34N4/c1-16-13-20-17(15-27(16)2)7-6-10-19(20)23(24)21-14-25-12-11-22(21)26-18-8-4-3-5-9-18/h6-7,18-19,25H,1,3-5,8-15,24H2,2H3. The minimum Gasteiger partial charge on any atom is -0.401 e. The van der Waals surface area contributed by atoms with Crippen molar-refractivity contribution in [3.05, 3.63) is 46.8 Å². The highest BCUT2D eigenvalue weighted by Crippen LogP contribution is 2.38. The molecule has 3 N–H and O–H groups in total. The molecule has 27 heavy (non-hydrogen) atoms. The summed E-state index contributed by atoms with van der Waals surface area (Å²) in [4.78, 5) is 7.46. The number of rotatable bonds is 2. The molecule has 4 nitrogen and oxygen atoms in total. The summed E-state index contributed by atoms with van der Waals surface area (Å²) in [6.07, 6.45) is 14.1. The molecule has 1 unspecified atom stereocenters. The number of allylic oxidation sites excluding steroid dienone is 3. The van der Waals surface area contributed by atoms with Gasteiger partial charge in [-0.25, -0.2) is 0 Å². The zero-order valence-corrected chi connectivity index (χ0v) is 16.8. The van der Waals surface area contributed by atoms with E-state index in [-0.39, 0.29) is 0 Å². The molecule has 4 aliphatic rings. The molecule has 0 aromatic carbocycles. The Morgan fingerprint density at radius 2 is 2.11 bits per heavy atom. The van der Waals surface area contributed by atoms with Gasteiger partial charge in [-0.1, -0.05) is 43.6 Å². The molecule has 2 aliphatic carbocycles. The lowest BCUT2D eigenvalue weighted by molar-refractivity contribution is 0.415. The number of hydrogen-bond donors (Lipinski definition) is 2. The Morgan fingerprint density at radius 3 is 2.93 bits per heavy atom. The van der Waals surface area contributed by atoms with Crippen molar-refractivity contribution in [1.29, 1.82) is 0 Å². The molecule has 0 aromatic rings. The van der Waals surface area contributed by atoms with Gasteiger partial charge in [0.1, 0.15) is 0 Å². The van der Waals surface area contributed by atoms with Crippen LogP contribution >= 0.6 is 0 Å². The molecule has 0 radical (unpaired) electrons. The van der Waals surface area contributed by atoms with Crippen LogP contribution in [0.5, 0.6) is 0 Å². The minimum absolute atomic E-state index is 0.307. The van der Waals surface area contributed by atoms with Crippen LogP contribution in [0.15, 0.2) is 51.8 Å². The van der Waals surface area contributed by atoms with Crippen molar-refractivity contribution in [3.8, 4) is 0 Å². The third kappa shape index (κ3) is 3.91. The molecule has 0 aromatic heterocycles. The summed E-state index contributed by atoms with van der Waals surface area (Å²) >= 11 is 0. The second-order valence-electron chi connectivity index (χ2n) is 8.57. The summed E-state index contributed by atoms with van der Waals surface area (Å²) in [7, 11) is 2.13. The predicted molar refractivity (Wildman–Crippen MR) is 114 cm³/mol. The van der Waals surface area contributed by atoms with Gasteiger partial charge in [-0.15, -0.1) is 0 Å². The maximum Gasteiger partial charge on any atom is 0.0503 e. The van der Waals surface area contributed by atoms with Gasteiger partial charge in [0, 0.05) is 68.1 Å². The van der Waals surface area contributed by atoms with E-state index in [0.29, 0.717) is 12.0 Å². The van der Waals surface area contributed by atoms with Crippen LogP contribution in [-0.4, -0.2) is 43.3 Å². The van der Waals surface area contributed by atoms with E-state index in [1.165, 1.54) is 60.2 Å². The monoisotopic (exact) mass is 366 g/mol. The fourth-order valence-electron chi connectivity index (χ4n) is 4.97. The fourth-order valence-corrected chi connectivity index (χ4v) is 4.97. The largest absolute Gasteiger partial charge is 0.401 e. The SMILES string of the molecule is C=C1CC2=C(C=CCC2C(N)=C2CNCCC2=NC2CCCCC2)CN1C. The van der Waals surface area contributed by atoms with Crippen molar-refractivity contribution in [2.24, 2.45) is 16.6 Å². The number of piperidine rings is 1. The minimum atomic E-state index is 0.307. The van der Waals surface area contributed by atoms with Crippen LogP contribution < -0.4 is 11.1 Å². The van der Waals surface area contributed by atoms with E-state index in [1.807, 2.05) is 0 Å². The van der Waals surface area contributed by atoms with E-state index in [9.17, 15) is 0 Å². The molecule has 1 saturated heterocycles. The van der Waals surface area contributed by atoms with Gasteiger partial charge in [0.15, 0.2) is 0 Å². The van der Waals surface area contributed by atoms with Gasteiger partial charge in [0.05, 0.1) is 6.04 Å². The Morgan fingerprint density at radius 1 is 1.30 bits per heavy atom. The van der Waals surface area contributed by atoms with E-state index in [0.717, 1.165) is 44.6 Å². The van der Waals surface area contributed by atoms with Crippen molar-refractivity contribution >= 4 is 5.71 Å². The third-order valence-electron chi connectivity index (χ3n) is 6.69. The summed E-state index contributed by atoms with van der Waals surface area (Å²) in [5, 5.41) is 3.53. The van der Waals surface area contributed by atoms with Crippen LogP contribution in [-0.2, 0) is 0 Å². The van der Waals surface area contributed by atoms with E-state index in [4.69, 9.17) is 10.7 Å². The van der Waals surface area contributed by atoms with Crippen LogP contribution in [0.25, 0.3) is 0 Å². The highest BCUT2D eigenvalue weighted by Gasteiger charge is 2.30. The van der Waals surface area contributed by atoms with E-state index in [1.54, 1.807) is 0 Å². The quantitative estimate of drug-likeness (QED) is 0.784. The van der Waals surface area contributed by atoms with Gasteiger partial charge >= 0.3 is 0 Å². The van der Waals surface area contributed by atoms with E-state index < -0.39 is 0 Å². The molecule has 0 bridgehead atoms. The van der Waals surface area contributed by atoms with Crippen molar-refractivity contribution in [3.63, 3.8) is 0 Å². The first-order valence-corrected chi connectivity index (χ1v) is 10.7. The average molecular weight is 367 g/mol. The molecule has 4 rings (SSSR count). The number of nitrogens with two attached hydrogens (primary N) is 1. The average Bonchev–Trinajstić information content (AvgIpc) is 2.69. The zero-order valence-electron chi connectivity index (χ0n) is 16.8. The number of likely N-dealkylation sites (N-methyl/N-ethyl adjacent to an activating group) is 1. The van der Waals surface area contributed by atoms with Gasteiger partial charge < -0.3 is 16.0 Å². The first-order chi connectivity index (χ1) is 13.1. The van der Waals surface area contributed by atoms with E-state index in [2.05, 4.69) is 36.0 Å². The Bertz CT molecular complexity index is 719. The van der Waals surface area contributed by atoms with Crippen LogP contribution in [0.2, 0.25) is 0 Å². The van der Waals surface area contributed by atoms with Gasteiger partial charge in [-0.2, -0.15) is 0 Å². The van der Waals surface area contributed by atoms with Crippen molar-refractivity contribution in [1.82, 2.24) is 10.2 Å². The lowest BCUT2D eigenvalue weighted by Gasteiger charge is -2.36. The van der Waals surface area contributed by atoms with Crippen LogP contribution in [0.3, 0.4) is 0 Å². The smallest absolute Gasteiger partial charge is 0.0503 e. The third-order valence-corrected chi connectivity index (χ3v) is 6.69. The molecular formula is C23H34N4. The predicted octanol–water partition coefficient (Wildman–Crippen LogP) is 3.69. The zero-order chi connectivity index (χ0) is 18.8. The first kappa shape index (κ1) is 18.5. The summed E-state index contributed by atoms with van der Waals surface area (Å²) in [6, 6.07) is 0.513. The van der Waals surface area contributed by atoms with Crippen LogP contribution in [0.1, 0.15) is 51.4 Å². The topological polar surface area (TPSA) is 53.6 Å². The molecule has 4 heteroatoms. The summed E-state index contributed by atoms with van der Waals surface area (Å²) in [5.41, 5.74) is 14.6. The Labute approximate surface area is 164 Å². The maximum atomic E-state index is 6.85. The van der Waals surface area contributed by atoms with Gasteiger partial charge in [0.25, 0.3) is 0 Å². The number of aliphatic imine (C=N–C) groups is 1. The highest BCUT2D eigenvalue weighted by molar-refractivity contribution is 6.02. The fraction of sp³-hybridized carbons (Fsp3) is 0.609. The van der Waals surface area contributed by atoms with Crippen molar-refractivity contribution < 1.29 is 0 Å². The molecule has 146 valence electrons. The van der Waals surface area contributed by atoms with Crippen LogP contribution in [0.4, 0.5) is 0 Å². The normalized spacial score (nSPS) is 30.7. The molecule has 0 spiro atoms. The van der Waals surface area contributed by atoms with Crippen LogP contribution in [0, 0.1) is 5.92 Å². The summed E-state index contributed by atoms with van der Waals surface area (Å²) < 4.78 is 0. The second-order valence-corrected chi connectivity index (χ2v) is 8.57. The van der Waals surface area contributed by atoms with Crippen molar-refractivity contribution in [2.45, 2.75) is 57.4 Å². The maximum absolute atomic E-state index is 6.85. The van der Waals surface area contributed by atoms with Gasteiger partial charge in [-0.05, 0) is 24.8 Å². The lowest BCUT2D eigenvalue weighted by atomic mass is 9.78. The van der Waals surface area contributed by atoms with Gasteiger partial charge in [0.2, 0.25) is 0 Å². The lowest BCUT2D eigenvalue weighted by Crippen LogP contribution is -2.36. The second kappa shape index (κ2) is 8.05. The first-order valence-electron chi connectivity index (χ1n) is 10.7. The summed E-state index contributed by atoms with van der Waals surface area (Å²) in [5.74, 6) is 0.307. The molecule has 0 amide bonds. The highest BCUT2D eigenvalue weighted by atomic mass is 15.1. The summed E-state index contributed by atoms with van der Waals surface area (Å²) in [6.45, 7) is 7.09. The number of nitrogens with one attached hydrogen (secondary N) is 1. The van der Waals surface area contributed by atoms with Gasteiger partial charge in [-0.3, -0.25) is 4.99 Å². The Hall–Kier alpha value is -1.81. The van der Waals surface area contributed by atoms with E-state index >= 15 is 0 Å². The molecule has 2 aliphatic heterocycles. The molecule has 2 heterocycles. The molecule has 2 fully saturated rings. The Kier molecular flexibility index (Phi) is 5.53. The molecular weight excluding hydrogens is 332 g/mol.